The standard InChI is InChI=1S/C8H9BrN2O/c1-6-3-2-4-7(10-6)11-8(12)5-9/h2-4H,5H2,1H3,(H,10,11,12). The topological polar surface area (TPSA) is 42.0 Å². The van der Waals surface area contributed by atoms with Crippen LogP contribution in [0.25, 0.3) is 0 Å². The van der Waals surface area contributed by atoms with Gasteiger partial charge in [0.05, 0.1) is 5.33 Å². The fourth-order valence-corrected chi connectivity index (χ4v) is 0.929. The van der Waals surface area contributed by atoms with Crippen molar-refractivity contribution in [3.63, 3.8) is 0 Å². The van der Waals surface area contributed by atoms with Crippen LogP contribution in [0.5, 0.6) is 0 Å². The third-order valence-corrected chi connectivity index (χ3v) is 1.79. The minimum atomic E-state index is -0.0897. The minimum absolute atomic E-state index is 0.0897. The van der Waals surface area contributed by atoms with Gasteiger partial charge in [0.25, 0.3) is 0 Å². The predicted molar refractivity (Wildman–Crippen MR) is 51.4 cm³/mol. The van der Waals surface area contributed by atoms with Gasteiger partial charge >= 0.3 is 0 Å². The smallest absolute Gasteiger partial charge is 0.236 e. The molecule has 0 atom stereocenters. The minimum Gasteiger partial charge on any atom is -0.310 e. The second-order valence-corrected chi connectivity index (χ2v) is 2.91. The van der Waals surface area contributed by atoms with Gasteiger partial charge in [-0.2, -0.15) is 0 Å². The molecule has 64 valence electrons. The molecule has 0 saturated heterocycles. The number of alkyl halides is 1. The summed E-state index contributed by atoms with van der Waals surface area (Å²) >= 11 is 3.05. The maximum absolute atomic E-state index is 10.9. The van der Waals surface area contributed by atoms with E-state index in [9.17, 15) is 4.79 Å². The van der Waals surface area contributed by atoms with Crippen LogP contribution in [0.1, 0.15) is 5.69 Å². The van der Waals surface area contributed by atoms with Gasteiger partial charge in [0.1, 0.15) is 5.82 Å². The normalized spacial score (nSPS) is 9.50. The largest absolute Gasteiger partial charge is 0.310 e. The van der Waals surface area contributed by atoms with Crippen molar-refractivity contribution in [2.45, 2.75) is 6.92 Å². The maximum atomic E-state index is 10.9. The van der Waals surface area contributed by atoms with E-state index in [0.29, 0.717) is 11.1 Å². The number of pyridine rings is 1. The van der Waals surface area contributed by atoms with Gasteiger partial charge in [-0.3, -0.25) is 4.79 Å². The molecule has 1 aromatic rings. The summed E-state index contributed by atoms with van der Waals surface area (Å²) in [5, 5.41) is 2.93. The Morgan fingerprint density at radius 2 is 2.42 bits per heavy atom. The summed E-state index contributed by atoms with van der Waals surface area (Å²) in [4.78, 5) is 15.0. The van der Waals surface area contributed by atoms with Crippen molar-refractivity contribution < 1.29 is 4.79 Å². The Labute approximate surface area is 79.3 Å². The highest BCUT2D eigenvalue weighted by Gasteiger charge is 1.99. The number of anilines is 1. The molecule has 1 N–H and O–H groups in total. The second-order valence-electron chi connectivity index (χ2n) is 2.35. The van der Waals surface area contributed by atoms with Crippen molar-refractivity contribution in [3.8, 4) is 0 Å². The second kappa shape index (κ2) is 4.21. The predicted octanol–water partition coefficient (Wildman–Crippen LogP) is 1.72. The van der Waals surface area contributed by atoms with Crippen LogP contribution >= 0.6 is 15.9 Å². The third-order valence-electron chi connectivity index (χ3n) is 1.28. The summed E-state index contributed by atoms with van der Waals surface area (Å²) in [5.41, 5.74) is 0.891. The van der Waals surface area contributed by atoms with Crippen molar-refractivity contribution in [1.82, 2.24) is 4.98 Å². The van der Waals surface area contributed by atoms with E-state index in [2.05, 4.69) is 26.2 Å². The zero-order valence-electron chi connectivity index (χ0n) is 6.67. The van der Waals surface area contributed by atoms with Crippen molar-refractivity contribution in [3.05, 3.63) is 23.9 Å². The molecule has 4 heteroatoms. The highest BCUT2D eigenvalue weighted by Crippen LogP contribution is 2.03. The number of halogens is 1. The Hall–Kier alpha value is -0.900. The molecule has 12 heavy (non-hydrogen) atoms. The molecular weight excluding hydrogens is 220 g/mol. The molecule has 0 radical (unpaired) electrons. The van der Waals surface area contributed by atoms with Gasteiger partial charge in [-0.05, 0) is 19.1 Å². The monoisotopic (exact) mass is 228 g/mol. The first kappa shape index (κ1) is 9.19. The Balaban J connectivity index is 2.69. The Kier molecular flexibility index (Phi) is 3.22. The van der Waals surface area contributed by atoms with E-state index >= 15 is 0 Å². The number of aryl methyl sites for hydroxylation is 1. The molecule has 0 fully saturated rings. The molecule has 1 amide bonds. The Morgan fingerprint density at radius 3 is 3.00 bits per heavy atom. The first-order valence-corrected chi connectivity index (χ1v) is 4.64. The van der Waals surface area contributed by atoms with E-state index in [4.69, 9.17) is 0 Å². The highest BCUT2D eigenvalue weighted by molar-refractivity contribution is 9.09. The van der Waals surface area contributed by atoms with Gasteiger partial charge in [-0.1, -0.05) is 22.0 Å². The molecule has 0 aliphatic heterocycles. The fraction of sp³-hybridized carbons (Fsp3) is 0.250. The highest BCUT2D eigenvalue weighted by atomic mass is 79.9. The molecule has 3 nitrogen and oxygen atoms in total. The number of hydrogen-bond acceptors (Lipinski definition) is 2. The number of aromatic nitrogens is 1. The lowest BCUT2D eigenvalue weighted by Gasteiger charge is -2.01. The van der Waals surface area contributed by atoms with E-state index in [1.165, 1.54) is 0 Å². The van der Waals surface area contributed by atoms with Gasteiger partial charge in [0.15, 0.2) is 0 Å². The lowest BCUT2D eigenvalue weighted by atomic mass is 10.4. The van der Waals surface area contributed by atoms with E-state index in [-0.39, 0.29) is 5.91 Å². The van der Waals surface area contributed by atoms with Crippen LogP contribution in [0.3, 0.4) is 0 Å². The van der Waals surface area contributed by atoms with Crippen molar-refractivity contribution in [2.75, 3.05) is 10.6 Å². The molecular formula is C8H9BrN2O. The van der Waals surface area contributed by atoms with Crippen LogP contribution in [0.2, 0.25) is 0 Å². The molecule has 0 unspecified atom stereocenters. The average Bonchev–Trinajstić information content (AvgIpc) is 2.04. The van der Waals surface area contributed by atoms with Crippen LogP contribution < -0.4 is 5.32 Å². The average molecular weight is 229 g/mol. The molecule has 1 heterocycles. The van der Waals surface area contributed by atoms with Crippen molar-refractivity contribution in [2.24, 2.45) is 0 Å². The molecule has 0 bridgehead atoms. The lowest BCUT2D eigenvalue weighted by molar-refractivity contribution is -0.113. The number of carbonyl (C=O) groups is 1. The van der Waals surface area contributed by atoms with E-state index in [1.54, 1.807) is 6.07 Å². The molecule has 1 rings (SSSR count). The summed E-state index contributed by atoms with van der Waals surface area (Å²) in [7, 11) is 0. The zero-order valence-corrected chi connectivity index (χ0v) is 8.26. The molecule has 0 spiro atoms. The van der Waals surface area contributed by atoms with Crippen LogP contribution in [-0.2, 0) is 4.79 Å². The summed E-state index contributed by atoms with van der Waals surface area (Å²) < 4.78 is 0. The number of hydrogen-bond donors (Lipinski definition) is 1. The molecule has 0 aliphatic carbocycles. The van der Waals surface area contributed by atoms with Crippen LogP contribution in [-0.4, -0.2) is 16.2 Å². The van der Waals surface area contributed by atoms with E-state index in [1.807, 2.05) is 19.1 Å². The number of nitrogens with zero attached hydrogens (tertiary/aromatic N) is 1. The van der Waals surface area contributed by atoms with Crippen LogP contribution in [0.4, 0.5) is 5.82 Å². The van der Waals surface area contributed by atoms with Crippen LogP contribution in [0, 0.1) is 6.92 Å². The maximum Gasteiger partial charge on any atom is 0.236 e. The molecule has 0 aliphatic rings. The number of carbonyl (C=O) groups excluding carboxylic acids is 1. The fourth-order valence-electron chi connectivity index (χ4n) is 0.789. The summed E-state index contributed by atoms with van der Waals surface area (Å²) in [6.45, 7) is 1.88. The quantitative estimate of drug-likeness (QED) is 0.784. The van der Waals surface area contributed by atoms with Crippen molar-refractivity contribution >= 4 is 27.7 Å². The molecule has 0 aromatic carbocycles. The van der Waals surface area contributed by atoms with Crippen molar-refractivity contribution in [1.29, 1.82) is 0 Å². The summed E-state index contributed by atoms with van der Waals surface area (Å²) in [5.74, 6) is 0.507. The number of rotatable bonds is 2. The van der Waals surface area contributed by atoms with E-state index < -0.39 is 0 Å². The number of nitrogens with one attached hydrogen (secondary N) is 1. The van der Waals surface area contributed by atoms with Gasteiger partial charge in [-0.25, -0.2) is 4.98 Å². The Bertz CT molecular complexity index is 288. The van der Waals surface area contributed by atoms with Gasteiger partial charge in [0, 0.05) is 5.69 Å². The molecule has 1 aromatic heterocycles. The number of amides is 1. The zero-order chi connectivity index (χ0) is 8.97. The Morgan fingerprint density at radius 1 is 1.67 bits per heavy atom. The molecule has 0 saturated carbocycles. The third kappa shape index (κ3) is 2.62. The SMILES string of the molecule is Cc1cccc(NC(=O)CBr)n1. The van der Waals surface area contributed by atoms with Gasteiger partial charge in [0.2, 0.25) is 5.91 Å². The van der Waals surface area contributed by atoms with Crippen LogP contribution in [0.15, 0.2) is 18.2 Å². The van der Waals surface area contributed by atoms with E-state index in [0.717, 1.165) is 5.69 Å². The lowest BCUT2D eigenvalue weighted by Crippen LogP contribution is -2.13. The van der Waals surface area contributed by atoms with Gasteiger partial charge < -0.3 is 5.32 Å². The summed E-state index contributed by atoms with van der Waals surface area (Å²) in [6.07, 6.45) is 0. The van der Waals surface area contributed by atoms with Gasteiger partial charge in [-0.15, -0.1) is 0 Å². The summed E-state index contributed by atoms with van der Waals surface area (Å²) in [6, 6.07) is 5.49. The first-order chi connectivity index (χ1) is 5.72. The first-order valence-electron chi connectivity index (χ1n) is 3.52.